The summed E-state index contributed by atoms with van der Waals surface area (Å²) in [5, 5.41) is 13.3. The molecule has 126 valence electrons. The molecule has 0 aliphatic carbocycles. The number of rotatable bonds is 5. The topological polar surface area (TPSA) is 77.0 Å². The average Bonchev–Trinajstić information content (AvgIpc) is 3.21. The average molecular weight is 321 g/mol. The van der Waals surface area contributed by atoms with Crippen LogP contribution in [0.3, 0.4) is 0 Å². The third-order valence-corrected chi connectivity index (χ3v) is 4.42. The number of aliphatic hydroxyl groups is 1. The Hall–Kier alpha value is -1.63. The van der Waals surface area contributed by atoms with Crippen molar-refractivity contribution in [2.45, 2.75) is 43.6 Å². The molecule has 3 rings (SSSR count). The van der Waals surface area contributed by atoms with Crippen LogP contribution in [0.4, 0.5) is 0 Å². The molecule has 6 heteroatoms. The van der Waals surface area contributed by atoms with E-state index >= 15 is 0 Å². The molecule has 2 heterocycles. The fourth-order valence-electron chi connectivity index (χ4n) is 3.11. The monoisotopic (exact) mass is 321 g/mol. The first-order chi connectivity index (χ1) is 11.2. The second-order valence-corrected chi connectivity index (χ2v) is 6.04. The van der Waals surface area contributed by atoms with E-state index in [1.807, 2.05) is 24.3 Å². The van der Waals surface area contributed by atoms with Gasteiger partial charge in [0.15, 0.2) is 6.10 Å². The summed E-state index contributed by atoms with van der Waals surface area (Å²) in [6.07, 6.45) is 0.519. The van der Waals surface area contributed by atoms with Gasteiger partial charge in [-0.1, -0.05) is 12.1 Å². The molecule has 0 saturated carbocycles. The predicted molar refractivity (Wildman–Crippen MR) is 83.3 cm³/mol. The standard InChI is InChI=1S/C17H23NO5/c1-21-12-6-4-11(5-7-12)9-13-16(14(19)10-18-13)23-17(20)15-3-2-8-22-15/h4-7,13-16,18-19H,2-3,8-10H2,1H3/t13-,14+,15-,16+/m1/s1. The number of carbonyl (C=O) groups is 1. The first-order valence-electron chi connectivity index (χ1n) is 8.04. The van der Waals surface area contributed by atoms with E-state index < -0.39 is 18.3 Å². The Labute approximate surface area is 135 Å². The van der Waals surface area contributed by atoms with Crippen LogP contribution in [0.5, 0.6) is 5.75 Å². The number of ether oxygens (including phenoxy) is 3. The molecule has 0 amide bonds. The third kappa shape index (κ3) is 3.83. The molecule has 4 atom stereocenters. The number of benzene rings is 1. The zero-order chi connectivity index (χ0) is 16.2. The normalized spacial score (nSPS) is 30.3. The maximum atomic E-state index is 12.1. The van der Waals surface area contributed by atoms with Crippen molar-refractivity contribution in [3.8, 4) is 5.75 Å². The van der Waals surface area contributed by atoms with Crippen LogP contribution in [0.15, 0.2) is 24.3 Å². The van der Waals surface area contributed by atoms with Crippen molar-refractivity contribution in [2.24, 2.45) is 0 Å². The number of nitrogens with one attached hydrogen (secondary N) is 1. The summed E-state index contributed by atoms with van der Waals surface area (Å²) in [6.45, 7) is 1.02. The quantitative estimate of drug-likeness (QED) is 0.776. The second-order valence-electron chi connectivity index (χ2n) is 6.04. The van der Waals surface area contributed by atoms with Gasteiger partial charge in [0.05, 0.1) is 13.2 Å². The minimum absolute atomic E-state index is 0.108. The minimum Gasteiger partial charge on any atom is -0.497 e. The van der Waals surface area contributed by atoms with Gasteiger partial charge in [0.1, 0.15) is 18.0 Å². The molecule has 0 spiro atoms. The van der Waals surface area contributed by atoms with Crippen molar-refractivity contribution in [3.63, 3.8) is 0 Å². The van der Waals surface area contributed by atoms with Gasteiger partial charge in [-0.05, 0) is 37.0 Å². The maximum Gasteiger partial charge on any atom is 0.335 e. The van der Waals surface area contributed by atoms with Crippen LogP contribution >= 0.6 is 0 Å². The molecular weight excluding hydrogens is 298 g/mol. The second kappa shape index (κ2) is 7.29. The van der Waals surface area contributed by atoms with Gasteiger partial charge in [-0.25, -0.2) is 4.79 Å². The van der Waals surface area contributed by atoms with E-state index in [2.05, 4.69) is 5.32 Å². The lowest BCUT2D eigenvalue weighted by molar-refractivity contribution is -0.164. The molecule has 1 aromatic rings. The highest BCUT2D eigenvalue weighted by Gasteiger charge is 2.39. The highest BCUT2D eigenvalue weighted by atomic mass is 16.6. The number of carbonyl (C=O) groups excluding carboxylic acids is 1. The number of methoxy groups -OCH3 is 1. The Morgan fingerprint density at radius 2 is 2.17 bits per heavy atom. The van der Waals surface area contributed by atoms with Gasteiger partial charge in [-0.3, -0.25) is 0 Å². The van der Waals surface area contributed by atoms with Crippen LogP contribution in [0, 0.1) is 0 Å². The number of hydrogen-bond acceptors (Lipinski definition) is 6. The lowest BCUT2D eigenvalue weighted by Crippen LogP contribution is -2.41. The van der Waals surface area contributed by atoms with Crippen LogP contribution < -0.4 is 10.1 Å². The molecule has 2 aliphatic rings. The lowest BCUT2D eigenvalue weighted by atomic mass is 10.0. The fourth-order valence-corrected chi connectivity index (χ4v) is 3.11. The molecule has 2 fully saturated rings. The van der Waals surface area contributed by atoms with Crippen molar-refractivity contribution >= 4 is 5.97 Å². The van der Waals surface area contributed by atoms with Crippen molar-refractivity contribution in [1.29, 1.82) is 0 Å². The zero-order valence-electron chi connectivity index (χ0n) is 13.2. The molecule has 2 saturated heterocycles. The molecule has 0 bridgehead atoms. The minimum atomic E-state index is -0.691. The summed E-state index contributed by atoms with van der Waals surface area (Å²) < 4.78 is 16.0. The summed E-state index contributed by atoms with van der Waals surface area (Å²) in [6, 6.07) is 7.64. The first-order valence-corrected chi connectivity index (χ1v) is 8.04. The number of aliphatic hydroxyl groups excluding tert-OH is 1. The van der Waals surface area contributed by atoms with Crippen molar-refractivity contribution < 1.29 is 24.1 Å². The van der Waals surface area contributed by atoms with E-state index in [0.717, 1.165) is 17.7 Å². The maximum absolute atomic E-state index is 12.1. The predicted octanol–water partition coefficient (Wildman–Crippen LogP) is 0.661. The Balaban J connectivity index is 1.61. The van der Waals surface area contributed by atoms with Crippen LogP contribution in [0.1, 0.15) is 18.4 Å². The molecule has 2 N–H and O–H groups in total. The van der Waals surface area contributed by atoms with Gasteiger partial charge in [-0.2, -0.15) is 0 Å². The molecule has 1 aromatic carbocycles. The zero-order valence-corrected chi connectivity index (χ0v) is 13.2. The van der Waals surface area contributed by atoms with Gasteiger partial charge >= 0.3 is 5.97 Å². The van der Waals surface area contributed by atoms with E-state index in [-0.39, 0.29) is 12.0 Å². The Kier molecular flexibility index (Phi) is 5.15. The van der Waals surface area contributed by atoms with Gasteiger partial charge in [0.2, 0.25) is 0 Å². The third-order valence-electron chi connectivity index (χ3n) is 4.42. The van der Waals surface area contributed by atoms with Crippen molar-refractivity contribution in [3.05, 3.63) is 29.8 Å². The Bertz CT molecular complexity index is 526. The van der Waals surface area contributed by atoms with E-state index in [0.29, 0.717) is 26.0 Å². The largest absolute Gasteiger partial charge is 0.497 e. The van der Waals surface area contributed by atoms with Crippen LogP contribution in [0.2, 0.25) is 0 Å². The van der Waals surface area contributed by atoms with E-state index in [4.69, 9.17) is 14.2 Å². The highest BCUT2D eigenvalue weighted by molar-refractivity contribution is 5.75. The molecule has 6 nitrogen and oxygen atoms in total. The van der Waals surface area contributed by atoms with Crippen molar-refractivity contribution in [2.75, 3.05) is 20.3 Å². The smallest absolute Gasteiger partial charge is 0.335 e. The van der Waals surface area contributed by atoms with Gasteiger partial charge in [0, 0.05) is 13.2 Å². The van der Waals surface area contributed by atoms with Gasteiger partial charge in [-0.15, -0.1) is 0 Å². The summed E-state index contributed by atoms with van der Waals surface area (Å²) in [7, 11) is 1.63. The molecular formula is C17H23NO5. The van der Waals surface area contributed by atoms with E-state index in [1.54, 1.807) is 7.11 Å². The first kappa shape index (κ1) is 16.2. The van der Waals surface area contributed by atoms with Crippen LogP contribution in [-0.4, -0.2) is 55.7 Å². The van der Waals surface area contributed by atoms with E-state index in [9.17, 15) is 9.90 Å². The SMILES string of the molecule is COc1ccc(C[C@H]2NC[C@H](O)[C@H]2OC(=O)[C@H]2CCCO2)cc1. The summed E-state index contributed by atoms with van der Waals surface area (Å²) in [5.41, 5.74) is 1.09. The van der Waals surface area contributed by atoms with E-state index in [1.165, 1.54) is 0 Å². The number of esters is 1. The van der Waals surface area contributed by atoms with Crippen LogP contribution in [0.25, 0.3) is 0 Å². The molecule has 2 aliphatic heterocycles. The van der Waals surface area contributed by atoms with Gasteiger partial charge in [0.25, 0.3) is 0 Å². The fraction of sp³-hybridized carbons (Fsp3) is 0.588. The summed E-state index contributed by atoms with van der Waals surface area (Å²) >= 11 is 0. The lowest BCUT2D eigenvalue weighted by Gasteiger charge is -2.23. The van der Waals surface area contributed by atoms with Crippen LogP contribution in [-0.2, 0) is 20.7 Å². The van der Waals surface area contributed by atoms with Crippen molar-refractivity contribution in [1.82, 2.24) is 5.32 Å². The molecule has 0 unspecified atom stereocenters. The molecule has 0 radical (unpaired) electrons. The van der Waals surface area contributed by atoms with Gasteiger partial charge < -0.3 is 24.6 Å². The summed E-state index contributed by atoms with van der Waals surface area (Å²) in [4.78, 5) is 12.1. The molecule has 23 heavy (non-hydrogen) atoms. The number of β-amino-alcohol motifs (C(OH)–C–C–N with tert-alkyl or cyclic N) is 1. The highest BCUT2D eigenvalue weighted by Crippen LogP contribution is 2.21. The summed E-state index contributed by atoms with van der Waals surface area (Å²) in [5.74, 6) is 0.435. The Morgan fingerprint density at radius 3 is 2.83 bits per heavy atom. The number of hydrogen-bond donors (Lipinski definition) is 2. The Morgan fingerprint density at radius 1 is 1.39 bits per heavy atom. The molecule has 0 aromatic heterocycles.